The quantitative estimate of drug-likeness (QED) is 0.896. The molecule has 0 saturated carbocycles. The van der Waals surface area contributed by atoms with Crippen LogP contribution in [0.2, 0.25) is 0 Å². The largest absolute Gasteiger partial charge is 0.329 e. The van der Waals surface area contributed by atoms with Crippen LogP contribution in [0, 0.1) is 5.82 Å². The van der Waals surface area contributed by atoms with E-state index in [0.29, 0.717) is 18.7 Å². The molecular weight excluding hydrogens is 241 g/mol. The maximum Gasteiger partial charge on any atom is 0.128 e. The molecule has 100 valence electrons. The number of nitrogens with zero attached hydrogens (tertiary/aromatic N) is 2. The average molecular weight is 259 g/mol. The zero-order chi connectivity index (χ0) is 13.7. The van der Waals surface area contributed by atoms with Crippen LogP contribution < -0.4 is 5.73 Å². The topological polar surface area (TPSA) is 42.2 Å². The smallest absolute Gasteiger partial charge is 0.128 e. The molecule has 2 N–H and O–H groups in total. The van der Waals surface area contributed by atoms with Gasteiger partial charge in [0.2, 0.25) is 0 Å². The van der Waals surface area contributed by atoms with E-state index < -0.39 is 0 Å². The summed E-state index contributed by atoms with van der Waals surface area (Å²) in [6.07, 6.45) is 3.55. The molecule has 0 bridgehead atoms. The molecule has 19 heavy (non-hydrogen) atoms. The second kappa shape index (κ2) is 6.41. The van der Waals surface area contributed by atoms with Crippen LogP contribution in [0.1, 0.15) is 17.2 Å². The molecule has 1 unspecified atom stereocenters. The van der Waals surface area contributed by atoms with Gasteiger partial charge in [0.15, 0.2) is 0 Å². The van der Waals surface area contributed by atoms with Crippen molar-refractivity contribution >= 4 is 0 Å². The zero-order valence-corrected chi connectivity index (χ0v) is 11.0. The van der Waals surface area contributed by atoms with Crippen molar-refractivity contribution in [1.29, 1.82) is 0 Å². The average Bonchev–Trinajstić information content (AvgIpc) is 2.43. The maximum absolute atomic E-state index is 13.8. The molecule has 0 fully saturated rings. The van der Waals surface area contributed by atoms with Gasteiger partial charge in [0.05, 0.1) is 0 Å². The van der Waals surface area contributed by atoms with Gasteiger partial charge in [0.25, 0.3) is 0 Å². The van der Waals surface area contributed by atoms with Crippen molar-refractivity contribution in [1.82, 2.24) is 9.88 Å². The number of hydrogen-bond acceptors (Lipinski definition) is 3. The standard InChI is InChI=1S/C15H18FN3/c1-19(11-12-5-4-8-18-10-12)15(9-17)13-6-2-3-7-14(13)16/h2-8,10,15H,9,11,17H2,1H3. The SMILES string of the molecule is CN(Cc1cccnc1)C(CN)c1ccccc1F. The van der Waals surface area contributed by atoms with Gasteiger partial charge in [-0.2, -0.15) is 0 Å². The monoisotopic (exact) mass is 259 g/mol. The Labute approximate surface area is 112 Å². The highest BCUT2D eigenvalue weighted by Gasteiger charge is 2.18. The number of benzene rings is 1. The molecule has 0 aliphatic carbocycles. The Morgan fingerprint density at radius 1 is 1.26 bits per heavy atom. The summed E-state index contributed by atoms with van der Waals surface area (Å²) in [5.41, 5.74) is 7.52. The second-order valence-electron chi connectivity index (χ2n) is 4.55. The van der Waals surface area contributed by atoms with Crippen molar-refractivity contribution in [2.75, 3.05) is 13.6 Å². The van der Waals surface area contributed by atoms with Crippen LogP contribution in [0.15, 0.2) is 48.8 Å². The molecule has 0 aliphatic rings. The van der Waals surface area contributed by atoms with Crippen LogP contribution in [0.25, 0.3) is 0 Å². The van der Waals surface area contributed by atoms with Gasteiger partial charge >= 0.3 is 0 Å². The third-order valence-corrected chi connectivity index (χ3v) is 3.17. The Kier molecular flexibility index (Phi) is 4.60. The van der Waals surface area contributed by atoms with Crippen molar-refractivity contribution in [2.24, 2.45) is 5.73 Å². The fourth-order valence-electron chi connectivity index (χ4n) is 2.18. The number of pyridine rings is 1. The lowest BCUT2D eigenvalue weighted by Crippen LogP contribution is -2.30. The third kappa shape index (κ3) is 3.36. The van der Waals surface area contributed by atoms with E-state index in [1.165, 1.54) is 6.07 Å². The Hall–Kier alpha value is -1.78. The van der Waals surface area contributed by atoms with Gasteiger partial charge in [-0.25, -0.2) is 4.39 Å². The molecule has 2 rings (SSSR count). The Bertz CT molecular complexity index is 516. The summed E-state index contributed by atoms with van der Waals surface area (Å²) in [6.45, 7) is 1.06. The van der Waals surface area contributed by atoms with Gasteiger partial charge in [0.1, 0.15) is 5.82 Å². The molecule has 4 heteroatoms. The molecule has 3 nitrogen and oxygen atoms in total. The Morgan fingerprint density at radius 3 is 2.68 bits per heavy atom. The van der Waals surface area contributed by atoms with Crippen LogP contribution in [-0.4, -0.2) is 23.5 Å². The van der Waals surface area contributed by atoms with E-state index >= 15 is 0 Å². The van der Waals surface area contributed by atoms with Gasteiger partial charge in [-0.05, 0) is 24.7 Å². The lowest BCUT2D eigenvalue weighted by molar-refractivity contribution is 0.236. The van der Waals surface area contributed by atoms with Crippen LogP contribution in [0.5, 0.6) is 0 Å². The minimum absolute atomic E-state index is 0.138. The number of aromatic nitrogens is 1. The molecule has 1 aromatic heterocycles. The van der Waals surface area contributed by atoms with Gasteiger partial charge in [-0.15, -0.1) is 0 Å². The van der Waals surface area contributed by atoms with E-state index in [-0.39, 0.29) is 11.9 Å². The minimum atomic E-state index is -0.212. The highest BCUT2D eigenvalue weighted by Crippen LogP contribution is 2.22. The normalized spacial score (nSPS) is 12.6. The summed E-state index contributed by atoms with van der Waals surface area (Å²) in [7, 11) is 1.94. The Morgan fingerprint density at radius 2 is 2.05 bits per heavy atom. The first-order chi connectivity index (χ1) is 9.22. The summed E-state index contributed by atoms with van der Waals surface area (Å²) >= 11 is 0. The van der Waals surface area contributed by atoms with Crippen LogP contribution >= 0.6 is 0 Å². The predicted molar refractivity (Wildman–Crippen MR) is 73.9 cm³/mol. The third-order valence-electron chi connectivity index (χ3n) is 3.17. The van der Waals surface area contributed by atoms with Crippen molar-refractivity contribution in [3.8, 4) is 0 Å². The van der Waals surface area contributed by atoms with Crippen LogP contribution in [0.4, 0.5) is 4.39 Å². The first-order valence-electron chi connectivity index (χ1n) is 6.26. The van der Waals surface area contributed by atoms with Gasteiger partial charge in [-0.1, -0.05) is 24.3 Å². The fraction of sp³-hybridized carbons (Fsp3) is 0.267. The van der Waals surface area contributed by atoms with E-state index in [1.54, 1.807) is 18.3 Å². The van der Waals surface area contributed by atoms with Crippen molar-refractivity contribution < 1.29 is 4.39 Å². The summed E-state index contributed by atoms with van der Waals surface area (Å²) in [5, 5.41) is 0. The molecule has 0 spiro atoms. The minimum Gasteiger partial charge on any atom is -0.329 e. The molecule has 1 atom stereocenters. The van der Waals surface area contributed by atoms with E-state index in [0.717, 1.165) is 5.56 Å². The molecule has 0 amide bonds. The second-order valence-corrected chi connectivity index (χ2v) is 4.55. The Balaban J connectivity index is 2.16. The number of rotatable bonds is 5. The van der Waals surface area contributed by atoms with Crippen LogP contribution in [0.3, 0.4) is 0 Å². The van der Waals surface area contributed by atoms with Gasteiger partial charge in [-0.3, -0.25) is 9.88 Å². The van der Waals surface area contributed by atoms with Crippen molar-refractivity contribution in [3.63, 3.8) is 0 Å². The van der Waals surface area contributed by atoms with E-state index in [2.05, 4.69) is 4.98 Å². The summed E-state index contributed by atoms with van der Waals surface area (Å²) in [4.78, 5) is 6.12. The van der Waals surface area contributed by atoms with E-state index in [4.69, 9.17) is 5.73 Å². The molecular formula is C15H18FN3. The van der Waals surface area contributed by atoms with E-state index in [9.17, 15) is 4.39 Å². The lowest BCUT2D eigenvalue weighted by atomic mass is 10.0. The van der Waals surface area contributed by atoms with E-state index in [1.807, 2.05) is 36.3 Å². The first kappa shape index (κ1) is 13.6. The molecule has 1 aromatic carbocycles. The van der Waals surface area contributed by atoms with Crippen molar-refractivity contribution in [2.45, 2.75) is 12.6 Å². The molecule has 0 radical (unpaired) electrons. The predicted octanol–water partition coefficient (Wildman–Crippen LogP) is 2.35. The summed E-state index contributed by atoms with van der Waals surface area (Å²) < 4.78 is 13.8. The number of nitrogens with two attached hydrogens (primary N) is 1. The molecule has 0 saturated heterocycles. The number of halogens is 1. The first-order valence-corrected chi connectivity index (χ1v) is 6.26. The highest BCUT2D eigenvalue weighted by molar-refractivity contribution is 5.22. The maximum atomic E-state index is 13.8. The lowest BCUT2D eigenvalue weighted by Gasteiger charge is -2.27. The molecule has 0 aliphatic heterocycles. The summed E-state index contributed by atoms with van der Waals surface area (Å²) in [6, 6.07) is 10.5. The zero-order valence-electron chi connectivity index (χ0n) is 11.0. The highest BCUT2D eigenvalue weighted by atomic mass is 19.1. The fourth-order valence-corrected chi connectivity index (χ4v) is 2.18. The summed E-state index contributed by atoms with van der Waals surface area (Å²) in [5.74, 6) is -0.212. The number of likely N-dealkylation sites (N-methyl/N-ethyl adjacent to an activating group) is 1. The molecule has 2 aromatic rings. The van der Waals surface area contributed by atoms with Crippen LogP contribution in [-0.2, 0) is 6.54 Å². The number of hydrogen-bond donors (Lipinski definition) is 1. The van der Waals surface area contributed by atoms with Gasteiger partial charge < -0.3 is 5.73 Å². The van der Waals surface area contributed by atoms with Crippen molar-refractivity contribution in [3.05, 3.63) is 65.7 Å². The molecule has 1 heterocycles. The van der Waals surface area contributed by atoms with Gasteiger partial charge in [0, 0.05) is 37.1 Å².